The normalized spacial score (nSPS) is 14.4. The average molecular weight is 267 g/mol. The highest BCUT2D eigenvalue weighted by Gasteiger charge is 2.20. The van der Waals surface area contributed by atoms with E-state index in [4.69, 9.17) is 34.8 Å². The molecule has 0 unspecified atom stereocenters. The van der Waals surface area contributed by atoms with Gasteiger partial charge in [0.25, 0.3) is 0 Å². The van der Waals surface area contributed by atoms with E-state index in [0.29, 0.717) is 10.7 Å². The van der Waals surface area contributed by atoms with Crippen LogP contribution >= 0.6 is 34.8 Å². The minimum Gasteiger partial charge on any atom is -0.325 e. The van der Waals surface area contributed by atoms with Gasteiger partial charge in [-0.2, -0.15) is 0 Å². The van der Waals surface area contributed by atoms with Crippen LogP contribution in [0.5, 0.6) is 0 Å². The van der Waals surface area contributed by atoms with E-state index >= 15 is 0 Å². The van der Waals surface area contributed by atoms with Gasteiger partial charge in [0, 0.05) is 10.7 Å². The molecule has 0 saturated heterocycles. The molecule has 0 saturated carbocycles. The summed E-state index contributed by atoms with van der Waals surface area (Å²) >= 11 is 17.2. The third-order valence-corrected chi connectivity index (χ3v) is 2.94. The molecule has 2 nitrogen and oxygen atoms in total. The fourth-order valence-electron chi connectivity index (χ4n) is 0.986. The maximum atomic E-state index is 11.5. The van der Waals surface area contributed by atoms with Gasteiger partial charge in [-0.15, -0.1) is 23.2 Å². The first-order chi connectivity index (χ1) is 7.00. The number of halogens is 3. The van der Waals surface area contributed by atoms with E-state index in [9.17, 15) is 4.79 Å². The first-order valence-electron chi connectivity index (χ1n) is 4.35. The number of amides is 1. The van der Waals surface area contributed by atoms with E-state index in [-0.39, 0.29) is 5.91 Å². The van der Waals surface area contributed by atoms with Gasteiger partial charge in [0.05, 0.1) is 5.38 Å². The van der Waals surface area contributed by atoms with Crippen LogP contribution in [0.1, 0.15) is 6.92 Å². The Morgan fingerprint density at radius 2 is 2.07 bits per heavy atom. The highest BCUT2D eigenvalue weighted by Crippen LogP contribution is 2.17. The lowest BCUT2D eigenvalue weighted by molar-refractivity contribution is -0.115. The van der Waals surface area contributed by atoms with Crippen LogP contribution in [0.25, 0.3) is 0 Å². The van der Waals surface area contributed by atoms with Crippen molar-refractivity contribution in [3.05, 3.63) is 29.3 Å². The summed E-state index contributed by atoms with van der Waals surface area (Å²) in [6, 6.07) is 6.83. The zero-order valence-corrected chi connectivity index (χ0v) is 10.3. The van der Waals surface area contributed by atoms with Gasteiger partial charge in [-0.05, 0) is 25.1 Å². The number of nitrogens with one attached hydrogen (secondary N) is 1. The largest absolute Gasteiger partial charge is 0.325 e. The van der Waals surface area contributed by atoms with Crippen LogP contribution in [0.2, 0.25) is 5.02 Å². The third-order valence-electron chi connectivity index (χ3n) is 1.75. The number of benzene rings is 1. The van der Waals surface area contributed by atoms with Crippen molar-refractivity contribution < 1.29 is 4.79 Å². The Kier molecular flexibility index (Phi) is 4.71. The number of hydrogen-bond donors (Lipinski definition) is 1. The molecule has 0 radical (unpaired) electrons. The van der Waals surface area contributed by atoms with Crippen LogP contribution in [-0.2, 0) is 4.79 Å². The number of hydrogen-bond acceptors (Lipinski definition) is 1. The van der Waals surface area contributed by atoms with Crippen molar-refractivity contribution in [2.45, 2.75) is 17.7 Å². The zero-order valence-electron chi connectivity index (χ0n) is 8.01. The smallest absolute Gasteiger partial charge is 0.243 e. The Labute approximate surface area is 104 Å². The van der Waals surface area contributed by atoms with E-state index in [1.165, 1.54) is 0 Å². The van der Waals surface area contributed by atoms with Gasteiger partial charge in [0.1, 0.15) is 5.38 Å². The molecule has 0 aliphatic rings. The number of carbonyl (C=O) groups is 1. The quantitative estimate of drug-likeness (QED) is 0.834. The molecule has 0 aliphatic carbocycles. The Morgan fingerprint density at radius 1 is 1.40 bits per heavy atom. The predicted molar refractivity (Wildman–Crippen MR) is 65.0 cm³/mol. The molecule has 5 heteroatoms. The molecule has 0 aliphatic heterocycles. The summed E-state index contributed by atoms with van der Waals surface area (Å²) in [5.41, 5.74) is 0.607. The van der Waals surface area contributed by atoms with Gasteiger partial charge in [-0.1, -0.05) is 17.7 Å². The van der Waals surface area contributed by atoms with Crippen LogP contribution in [-0.4, -0.2) is 16.7 Å². The van der Waals surface area contributed by atoms with E-state index in [0.717, 1.165) is 0 Å². The minimum atomic E-state index is -0.759. The molecule has 1 N–H and O–H groups in total. The highest BCUT2D eigenvalue weighted by atomic mass is 35.5. The van der Waals surface area contributed by atoms with Crippen molar-refractivity contribution in [3.8, 4) is 0 Å². The Balaban J connectivity index is 2.66. The molecule has 1 aromatic carbocycles. The van der Waals surface area contributed by atoms with Crippen LogP contribution in [0.15, 0.2) is 24.3 Å². The minimum absolute atomic E-state index is 0.332. The first-order valence-corrected chi connectivity index (χ1v) is 5.60. The van der Waals surface area contributed by atoms with Crippen LogP contribution in [0.3, 0.4) is 0 Å². The zero-order chi connectivity index (χ0) is 11.4. The topological polar surface area (TPSA) is 29.1 Å². The number of alkyl halides is 2. The molecule has 0 bridgehead atoms. The maximum Gasteiger partial charge on any atom is 0.243 e. The van der Waals surface area contributed by atoms with Gasteiger partial charge >= 0.3 is 0 Å². The van der Waals surface area contributed by atoms with Gasteiger partial charge in [0.15, 0.2) is 0 Å². The third kappa shape index (κ3) is 3.90. The lowest BCUT2D eigenvalue weighted by Crippen LogP contribution is -2.29. The van der Waals surface area contributed by atoms with Gasteiger partial charge in [-0.3, -0.25) is 4.79 Å². The Hall–Kier alpha value is -0.440. The number of carbonyl (C=O) groups excluding carboxylic acids is 1. The molecule has 15 heavy (non-hydrogen) atoms. The van der Waals surface area contributed by atoms with Crippen molar-refractivity contribution in [2.24, 2.45) is 0 Å². The van der Waals surface area contributed by atoms with E-state index in [2.05, 4.69) is 5.32 Å². The second-order valence-corrected chi connectivity index (χ2v) is 4.67. The monoisotopic (exact) mass is 265 g/mol. The molecule has 82 valence electrons. The average Bonchev–Trinajstić information content (AvgIpc) is 2.16. The fourth-order valence-corrected chi connectivity index (χ4v) is 1.35. The first kappa shape index (κ1) is 12.6. The van der Waals surface area contributed by atoms with E-state index in [1.807, 2.05) is 0 Å². The Bertz CT molecular complexity index is 354. The molecule has 1 aromatic rings. The number of rotatable bonds is 3. The predicted octanol–water partition coefficient (Wildman–Crippen LogP) is 3.51. The Morgan fingerprint density at radius 3 is 2.60 bits per heavy atom. The van der Waals surface area contributed by atoms with E-state index < -0.39 is 10.8 Å². The fraction of sp³-hybridized carbons (Fsp3) is 0.300. The summed E-state index contributed by atoms with van der Waals surface area (Å²) in [7, 11) is 0. The standard InChI is InChI=1S/C10H10Cl3NO/c1-6(11)9(13)10(15)14-8-4-2-3-7(12)5-8/h2-6,9H,1H3,(H,14,15)/t6-,9+/m0/s1. The lowest BCUT2D eigenvalue weighted by atomic mass is 10.2. The van der Waals surface area contributed by atoms with Crippen molar-refractivity contribution in [1.82, 2.24) is 0 Å². The van der Waals surface area contributed by atoms with Crippen molar-refractivity contribution in [1.29, 1.82) is 0 Å². The summed E-state index contributed by atoms with van der Waals surface area (Å²) in [6.45, 7) is 1.66. The molecule has 0 heterocycles. The van der Waals surface area contributed by atoms with Gasteiger partial charge in [-0.25, -0.2) is 0 Å². The van der Waals surface area contributed by atoms with Crippen molar-refractivity contribution in [3.63, 3.8) is 0 Å². The lowest BCUT2D eigenvalue weighted by Gasteiger charge is -2.12. The SMILES string of the molecule is C[C@H](Cl)[C@@H](Cl)C(=O)Nc1cccc(Cl)c1. The van der Waals surface area contributed by atoms with Gasteiger partial charge in [0.2, 0.25) is 5.91 Å². The highest BCUT2D eigenvalue weighted by molar-refractivity contribution is 6.38. The maximum absolute atomic E-state index is 11.5. The van der Waals surface area contributed by atoms with Gasteiger partial charge < -0.3 is 5.32 Å². The molecular weight excluding hydrogens is 256 g/mol. The number of anilines is 1. The molecular formula is C10H10Cl3NO. The molecule has 1 amide bonds. The van der Waals surface area contributed by atoms with Crippen LogP contribution in [0, 0.1) is 0 Å². The second kappa shape index (κ2) is 5.59. The molecule has 0 spiro atoms. The summed E-state index contributed by atoms with van der Waals surface area (Å²) < 4.78 is 0. The summed E-state index contributed by atoms with van der Waals surface area (Å²) in [5.74, 6) is -0.332. The second-order valence-electron chi connectivity index (χ2n) is 3.08. The van der Waals surface area contributed by atoms with E-state index in [1.54, 1.807) is 31.2 Å². The van der Waals surface area contributed by atoms with Crippen LogP contribution < -0.4 is 5.32 Å². The summed E-state index contributed by atoms with van der Waals surface area (Å²) in [6.07, 6.45) is 0. The van der Waals surface area contributed by atoms with Crippen molar-refractivity contribution >= 4 is 46.4 Å². The van der Waals surface area contributed by atoms with Crippen molar-refractivity contribution in [2.75, 3.05) is 5.32 Å². The van der Waals surface area contributed by atoms with Crippen LogP contribution in [0.4, 0.5) is 5.69 Å². The summed E-state index contributed by atoms with van der Waals surface area (Å²) in [5, 5.41) is 1.99. The molecule has 2 atom stereocenters. The molecule has 0 fully saturated rings. The summed E-state index contributed by atoms with van der Waals surface area (Å²) in [4.78, 5) is 11.5. The molecule has 1 rings (SSSR count). The molecule has 0 aromatic heterocycles.